The van der Waals surface area contributed by atoms with Gasteiger partial charge in [-0.15, -0.1) is 0 Å². The average Bonchev–Trinajstić information content (AvgIpc) is 1.82. The summed E-state index contributed by atoms with van der Waals surface area (Å²) in [6.07, 6.45) is 1.91. The number of rotatable bonds is 3. The van der Waals surface area contributed by atoms with Crippen molar-refractivity contribution in [1.29, 1.82) is 0 Å². The number of hydrogen-bond acceptors (Lipinski definition) is 1. The van der Waals surface area contributed by atoms with Crippen LogP contribution >= 0.6 is 11.8 Å². The van der Waals surface area contributed by atoms with Gasteiger partial charge in [-0.05, 0) is 6.42 Å². The lowest BCUT2D eigenvalue weighted by molar-refractivity contribution is 0.233. The fourth-order valence-electron chi connectivity index (χ4n) is 0.407. The van der Waals surface area contributed by atoms with Crippen molar-refractivity contribution in [3.63, 3.8) is 0 Å². The molecule has 54 valence electrons. The fourth-order valence-corrected chi connectivity index (χ4v) is 0.527. The molecule has 0 spiro atoms. The third kappa shape index (κ3) is 4.09. The lowest BCUT2D eigenvalue weighted by atomic mass is 10.3. The van der Waals surface area contributed by atoms with Crippen molar-refractivity contribution in [2.24, 2.45) is 5.73 Å². The summed E-state index contributed by atoms with van der Waals surface area (Å²) < 4.78 is 0.990. The zero-order valence-corrected chi connectivity index (χ0v) is 6.19. The molecule has 3 nitrogen and oxygen atoms in total. The van der Waals surface area contributed by atoms with Crippen molar-refractivity contribution in [1.82, 2.24) is 4.42 Å². The number of carbonyl (C=O) groups is 1. The number of primary amides is 1. The summed E-state index contributed by atoms with van der Waals surface area (Å²) in [5, 5.41) is 0. The number of unbranched alkanes of at least 4 members (excludes halogenated alkanes) is 1. The number of nitrogens with zero attached hydrogens (tertiary/aromatic N) is 1. The van der Waals surface area contributed by atoms with Crippen molar-refractivity contribution in [3.05, 3.63) is 0 Å². The number of carbonyl (C=O) groups excluding carboxylic acids is 1. The maximum Gasteiger partial charge on any atom is 0.329 e. The van der Waals surface area contributed by atoms with Crippen LogP contribution in [0.5, 0.6) is 0 Å². The maximum atomic E-state index is 10.2. The van der Waals surface area contributed by atoms with E-state index in [1.54, 1.807) is 0 Å². The second kappa shape index (κ2) is 4.44. The fraction of sp³-hybridized carbons (Fsp3) is 0.800. The predicted octanol–water partition coefficient (Wildman–Crippen LogP) is 1.32. The molecular formula is C5H11ClN2O. The van der Waals surface area contributed by atoms with E-state index < -0.39 is 6.03 Å². The van der Waals surface area contributed by atoms with E-state index in [0.717, 1.165) is 17.3 Å². The third-order valence-electron chi connectivity index (χ3n) is 0.947. The van der Waals surface area contributed by atoms with Crippen LogP contribution in [-0.2, 0) is 0 Å². The molecule has 0 unspecified atom stereocenters. The predicted molar refractivity (Wildman–Crippen MR) is 37.1 cm³/mol. The average molecular weight is 151 g/mol. The van der Waals surface area contributed by atoms with Crippen LogP contribution in [0.15, 0.2) is 0 Å². The first-order chi connectivity index (χ1) is 4.18. The van der Waals surface area contributed by atoms with E-state index in [-0.39, 0.29) is 0 Å². The Morgan fingerprint density at radius 2 is 2.33 bits per heavy atom. The van der Waals surface area contributed by atoms with E-state index in [4.69, 9.17) is 17.5 Å². The quantitative estimate of drug-likeness (QED) is 0.606. The topological polar surface area (TPSA) is 46.3 Å². The smallest absolute Gasteiger partial charge is 0.329 e. The highest BCUT2D eigenvalue weighted by molar-refractivity contribution is 6.20. The van der Waals surface area contributed by atoms with E-state index in [2.05, 4.69) is 0 Å². The van der Waals surface area contributed by atoms with Gasteiger partial charge in [-0.1, -0.05) is 13.3 Å². The molecule has 0 aromatic heterocycles. The molecule has 0 aromatic carbocycles. The van der Waals surface area contributed by atoms with Crippen LogP contribution in [0.3, 0.4) is 0 Å². The number of nitrogens with two attached hydrogens (primary N) is 1. The number of amides is 2. The van der Waals surface area contributed by atoms with Gasteiger partial charge in [0, 0.05) is 18.3 Å². The van der Waals surface area contributed by atoms with Crippen LogP contribution in [0.4, 0.5) is 4.79 Å². The van der Waals surface area contributed by atoms with Crippen molar-refractivity contribution in [2.75, 3.05) is 6.54 Å². The number of halogens is 1. The highest BCUT2D eigenvalue weighted by Gasteiger charge is 2.02. The summed E-state index contributed by atoms with van der Waals surface area (Å²) in [6.45, 7) is 2.55. The first-order valence-electron chi connectivity index (χ1n) is 2.91. The molecular weight excluding hydrogens is 140 g/mol. The van der Waals surface area contributed by atoms with Crippen LogP contribution in [0, 0.1) is 0 Å². The molecule has 0 aliphatic carbocycles. The van der Waals surface area contributed by atoms with Gasteiger partial charge in [0.25, 0.3) is 0 Å². The monoisotopic (exact) mass is 150 g/mol. The van der Waals surface area contributed by atoms with Crippen molar-refractivity contribution < 1.29 is 4.79 Å². The molecule has 0 heterocycles. The summed E-state index contributed by atoms with van der Waals surface area (Å²) in [7, 11) is 0. The Morgan fingerprint density at radius 3 is 2.67 bits per heavy atom. The van der Waals surface area contributed by atoms with Crippen LogP contribution in [0.2, 0.25) is 0 Å². The summed E-state index contributed by atoms with van der Waals surface area (Å²) in [4.78, 5) is 10.2. The Labute approximate surface area is 59.9 Å². The molecule has 0 aliphatic heterocycles. The normalized spacial score (nSPS) is 9.11. The molecule has 0 aliphatic rings. The van der Waals surface area contributed by atoms with Gasteiger partial charge in [0.05, 0.1) is 0 Å². The highest BCUT2D eigenvalue weighted by atomic mass is 35.5. The van der Waals surface area contributed by atoms with E-state index in [1.807, 2.05) is 6.92 Å². The van der Waals surface area contributed by atoms with Crippen LogP contribution < -0.4 is 5.73 Å². The zero-order chi connectivity index (χ0) is 7.28. The molecule has 0 radical (unpaired) electrons. The van der Waals surface area contributed by atoms with Crippen molar-refractivity contribution >= 4 is 17.8 Å². The largest absolute Gasteiger partial charge is 0.350 e. The van der Waals surface area contributed by atoms with Gasteiger partial charge in [-0.3, -0.25) is 0 Å². The van der Waals surface area contributed by atoms with Crippen molar-refractivity contribution in [2.45, 2.75) is 19.8 Å². The number of urea groups is 1. The zero-order valence-electron chi connectivity index (χ0n) is 5.43. The minimum absolute atomic E-state index is 0.535. The highest BCUT2D eigenvalue weighted by Crippen LogP contribution is 1.96. The third-order valence-corrected chi connectivity index (χ3v) is 1.28. The first kappa shape index (κ1) is 8.56. The molecule has 0 aromatic rings. The minimum atomic E-state index is -0.579. The summed E-state index contributed by atoms with van der Waals surface area (Å²) >= 11 is 5.35. The summed E-state index contributed by atoms with van der Waals surface area (Å²) in [6, 6.07) is -0.579. The standard InChI is InChI=1S/C5H11ClN2O/c1-2-3-4-8(6)5(7)9/h2-4H2,1H3,(H2,7,9). The van der Waals surface area contributed by atoms with E-state index in [1.165, 1.54) is 0 Å². The lowest BCUT2D eigenvalue weighted by Crippen LogP contribution is -2.28. The maximum absolute atomic E-state index is 10.2. The second-order valence-electron chi connectivity index (χ2n) is 1.78. The molecule has 0 atom stereocenters. The molecule has 0 bridgehead atoms. The van der Waals surface area contributed by atoms with Crippen LogP contribution in [0.25, 0.3) is 0 Å². The molecule has 0 fully saturated rings. The van der Waals surface area contributed by atoms with Gasteiger partial charge in [0.1, 0.15) is 0 Å². The van der Waals surface area contributed by atoms with E-state index in [0.29, 0.717) is 6.54 Å². The minimum Gasteiger partial charge on any atom is -0.350 e. The van der Waals surface area contributed by atoms with Crippen LogP contribution in [-0.4, -0.2) is 17.0 Å². The Hall–Kier alpha value is -0.440. The van der Waals surface area contributed by atoms with Gasteiger partial charge < -0.3 is 5.73 Å². The van der Waals surface area contributed by atoms with E-state index in [9.17, 15) is 4.79 Å². The van der Waals surface area contributed by atoms with Gasteiger partial charge in [0.15, 0.2) is 0 Å². The Bertz CT molecular complexity index is 97.0. The Balaban J connectivity index is 3.27. The van der Waals surface area contributed by atoms with Crippen molar-refractivity contribution in [3.8, 4) is 0 Å². The second-order valence-corrected chi connectivity index (χ2v) is 2.19. The number of hydrogen-bond donors (Lipinski definition) is 1. The van der Waals surface area contributed by atoms with E-state index >= 15 is 0 Å². The van der Waals surface area contributed by atoms with Gasteiger partial charge in [0.2, 0.25) is 0 Å². The molecule has 0 saturated heterocycles. The van der Waals surface area contributed by atoms with Crippen LogP contribution in [0.1, 0.15) is 19.8 Å². The molecule has 2 N–H and O–H groups in total. The molecule has 0 saturated carbocycles. The summed E-state index contributed by atoms with van der Waals surface area (Å²) in [5.74, 6) is 0. The molecule has 4 heteroatoms. The molecule has 2 amide bonds. The summed E-state index contributed by atoms with van der Waals surface area (Å²) in [5.41, 5.74) is 4.83. The van der Waals surface area contributed by atoms with Gasteiger partial charge in [-0.25, -0.2) is 9.21 Å². The lowest BCUT2D eigenvalue weighted by Gasteiger charge is -2.08. The molecule has 0 rings (SSSR count). The van der Waals surface area contributed by atoms with Gasteiger partial charge in [-0.2, -0.15) is 0 Å². The van der Waals surface area contributed by atoms with Gasteiger partial charge >= 0.3 is 6.03 Å². The Kier molecular flexibility index (Phi) is 4.22. The Morgan fingerprint density at radius 1 is 1.78 bits per heavy atom. The SMILES string of the molecule is CCCCN(Cl)C(N)=O. The first-order valence-corrected chi connectivity index (χ1v) is 3.25. The molecule has 9 heavy (non-hydrogen) atoms.